The van der Waals surface area contributed by atoms with Crippen LogP contribution in [0.4, 0.5) is 0 Å². The fourth-order valence-corrected chi connectivity index (χ4v) is 2.06. The molecule has 88 valence electrons. The van der Waals surface area contributed by atoms with Crippen molar-refractivity contribution in [2.45, 2.75) is 26.4 Å². The summed E-state index contributed by atoms with van der Waals surface area (Å²) in [5.74, 6) is -0.629. The first-order chi connectivity index (χ1) is 7.07. The summed E-state index contributed by atoms with van der Waals surface area (Å²) in [5, 5.41) is 10.1. The molecule has 0 saturated carbocycles. The van der Waals surface area contributed by atoms with Gasteiger partial charge >= 0.3 is 5.97 Å². The van der Waals surface area contributed by atoms with Crippen LogP contribution < -0.4 is 0 Å². The number of rotatable bonds is 4. The molecule has 0 bridgehead atoms. The fraction of sp³-hybridized carbons (Fsp3) is 0.909. The Balaban J connectivity index is 2.65. The van der Waals surface area contributed by atoms with Crippen LogP contribution in [0.3, 0.4) is 0 Å². The molecule has 1 N–H and O–H groups in total. The number of ether oxygens (including phenoxy) is 2. The molecule has 15 heavy (non-hydrogen) atoms. The number of aliphatic hydroxyl groups is 1. The summed E-state index contributed by atoms with van der Waals surface area (Å²) >= 11 is 0. The molecule has 0 aromatic rings. The van der Waals surface area contributed by atoms with Crippen LogP contribution in [0.5, 0.6) is 0 Å². The molecule has 3 unspecified atom stereocenters. The zero-order valence-corrected chi connectivity index (χ0v) is 9.60. The van der Waals surface area contributed by atoms with Gasteiger partial charge in [-0.3, -0.25) is 4.79 Å². The van der Waals surface area contributed by atoms with Gasteiger partial charge < -0.3 is 14.6 Å². The summed E-state index contributed by atoms with van der Waals surface area (Å²) < 4.78 is 9.92. The van der Waals surface area contributed by atoms with Crippen molar-refractivity contribution in [1.82, 2.24) is 0 Å². The first kappa shape index (κ1) is 12.5. The van der Waals surface area contributed by atoms with E-state index in [1.165, 1.54) is 7.11 Å². The van der Waals surface area contributed by atoms with Gasteiger partial charge in [0.1, 0.15) is 0 Å². The van der Waals surface area contributed by atoms with Crippen molar-refractivity contribution in [2.75, 3.05) is 20.3 Å². The number of carbonyl (C=O) groups excluding carboxylic acids is 1. The van der Waals surface area contributed by atoms with Gasteiger partial charge in [-0.25, -0.2) is 0 Å². The second-order valence-electron chi connectivity index (χ2n) is 4.41. The lowest BCUT2D eigenvalue weighted by atomic mass is 9.83. The van der Waals surface area contributed by atoms with Crippen LogP contribution in [0.1, 0.15) is 20.3 Å². The third-order valence-electron chi connectivity index (χ3n) is 3.01. The number of hydrogen-bond donors (Lipinski definition) is 1. The predicted octanol–water partition coefficient (Wildman–Crippen LogP) is 0.829. The first-order valence-corrected chi connectivity index (χ1v) is 5.41. The molecule has 1 aliphatic heterocycles. The Morgan fingerprint density at radius 3 is 2.60 bits per heavy atom. The van der Waals surface area contributed by atoms with Crippen molar-refractivity contribution in [2.24, 2.45) is 17.8 Å². The van der Waals surface area contributed by atoms with E-state index in [4.69, 9.17) is 9.47 Å². The summed E-state index contributed by atoms with van der Waals surface area (Å²) in [4.78, 5) is 11.5. The monoisotopic (exact) mass is 216 g/mol. The Kier molecular flexibility index (Phi) is 4.54. The number of aliphatic hydroxyl groups excluding tert-OH is 1. The molecule has 0 spiro atoms. The van der Waals surface area contributed by atoms with Crippen LogP contribution in [0.25, 0.3) is 0 Å². The van der Waals surface area contributed by atoms with Crippen molar-refractivity contribution in [1.29, 1.82) is 0 Å². The van der Waals surface area contributed by atoms with Gasteiger partial charge in [0.05, 0.1) is 25.7 Å². The van der Waals surface area contributed by atoms with Crippen molar-refractivity contribution in [3.05, 3.63) is 0 Å². The molecule has 0 aliphatic carbocycles. The molecule has 0 aromatic heterocycles. The second kappa shape index (κ2) is 5.47. The minimum atomic E-state index is -0.653. The van der Waals surface area contributed by atoms with Gasteiger partial charge in [0.15, 0.2) is 0 Å². The molecule has 0 amide bonds. The van der Waals surface area contributed by atoms with Crippen LogP contribution in [-0.2, 0) is 14.3 Å². The van der Waals surface area contributed by atoms with E-state index in [9.17, 15) is 9.90 Å². The molecule has 0 aromatic carbocycles. The molecule has 1 saturated heterocycles. The molecule has 3 atom stereocenters. The van der Waals surface area contributed by atoms with Crippen LogP contribution >= 0.6 is 0 Å². The van der Waals surface area contributed by atoms with Gasteiger partial charge in [0.25, 0.3) is 0 Å². The van der Waals surface area contributed by atoms with E-state index < -0.39 is 12.0 Å². The topological polar surface area (TPSA) is 55.8 Å². The lowest BCUT2D eigenvalue weighted by molar-refractivity contribution is -0.153. The number of carbonyl (C=O) groups is 1. The van der Waals surface area contributed by atoms with E-state index in [2.05, 4.69) is 0 Å². The Hall–Kier alpha value is -0.610. The molecular formula is C11H20O4. The number of hydrogen-bond acceptors (Lipinski definition) is 4. The van der Waals surface area contributed by atoms with E-state index in [-0.39, 0.29) is 17.8 Å². The van der Waals surface area contributed by atoms with Gasteiger partial charge in [-0.15, -0.1) is 0 Å². The maximum atomic E-state index is 11.5. The van der Waals surface area contributed by atoms with E-state index in [1.807, 2.05) is 13.8 Å². The zero-order valence-electron chi connectivity index (χ0n) is 9.60. The Labute approximate surface area is 90.6 Å². The molecule has 1 rings (SSSR count). The fourth-order valence-electron chi connectivity index (χ4n) is 2.06. The molecular weight excluding hydrogens is 196 g/mol. The highest BCUT2D eigenvalue weighted by molar-refractivity contribution is 5.73. The Morgan fingerprint density at radius 1 is 1.53 bits per heavy atom. The smallest absolute Gasteiger partial charge is 0.311 e. The maximum Gasteiger partial charge on any atom is 0.311 e. The van der Waals surface area contributed by atoms with Crippen molar-refractivity contribution in [3.8, 4) is 0 Å². The summed E-state index contributed by atoms with van der Waals surface area (Å²) in [6, 6.07) is 0. The molecule has 1 fully saturated rings. The lowest BCUT2D eigenvalue weighted by Crippen LogP contribution is -2.38. The van der Waals surface area contributed by atoms with E-state index >= 15 is 0 Å². The minimum absolute atomic E-state index is 0.0662. The van der Waals surface area contributed by atoms with Crippen LogP contribution in [0, 0.1) is 17.8 Å². The highest BCUT2D eigenvalue weighted by atomic mass is 16.5. The predicted molar refractivity (Wildman–Crippen MR) is 55.3 cm³/mol. The number of methoxy groups -OCH3 is 1. The Bertz CT molecular complexity index is 209. The summed E-state index contributed by atoms with van der Waals surface area (Å²) in [7, 11) is 1.36. The second-order valence-corrected chi connectivity index (χ2v) is 4.41. The van der Waals surface area contributed by atoms with Gasteiger partial charge in [0.2, 0.25) is 0 Å². The van der Waals surface area contributed by atoms with Crippen molar-refractivity contribution in [3.63, 3.8) is 0 Å². The van der Waals surface area contributed by atoms with Crippen molar-refractivity contribution < 1.29 is 19.4 Å². The molecule has 4 heteroatoms. The highest BCUT2D eigenvalue weighted by Gasteiger charge is 2.37. The first-order valence-electron chi connectivity index (χ1n) is 5.41. The molecule has 4 nitrogen and oxygen atoms in total. The molecule has 1 heterocycles. The average molecular weight is 216 g/mol. The van der Waals surface area contributed by atoms with Crippen molar-refractivity contribution >= 4 is 5.97 Å². The number of esters is 1. The summed E-state index contributed by atoms with van der Waals surface area (Å²) in [6.45, 7) is 5.05. The van der Waals surface area contributed by atoms with E-state index in [0.29, 0.717) is 13.2 Å². The van der Waals surface area contributed by atoms with Gasteiger partial charge in [-0.2, -0.15) is 0 Å². The van der Waals surface area contributed by atoms with Crippen LogP contribution in [-0.4, -0.2) is 37.5 Å². The van der Waals surface area contributed by atoms with Gasteiger partial charge in [-0.1, -0.05) is 13.8 Å². The lowest BCUT2D eigenvalue weighted by Gasteiger charge is -2.27. The molecule has 1 aliphatic rings. The van der Waals surface area contributed by atoms with Gasteiger partial charge in [-0.05, 0) is 12.3 Å². The normalized spacial score (nSPS) is 25.3. The summed E-state index contributed by atoms with van der Waals surface area (Å²) in [5.41, 5.74) is 0. The quantitative estimate of drug-likeness (QED) is 0.707. The molecule has 0 radical (unpaired) electrons. The largest absolute Gasteiger partial charge is 0.469 e. The van der Waals surface area contributed by atoms with Crippen LogP contribution in [0.15, 0.2) is 0 Å². The van der Waals surface area contributed by atoms with Gasteiger partial charge in [0, 0.05) is 12.5 Å². The average Bonchev–Trinajstić information content (AvgIpc) is 2.69. The maximum absolute atomic E-state index is 11.5. The third kappa shape index (κ3) is 2.92. The van der Waals surface area contributed by atoms with E-state index in [1.54, 1.807) is 0 Å². The standard InChI is InChI=1S/C11H20O4/c1-7(2)9(11(13)14-3)10(12)8-4-5-15-6-8/h7-10,12H,4-6H2,1-3H3. The van der Waals surface area contributed by atoms with Crippen LogP contribution in [0.2, 0.25) is 0 Å². The highest BCUT2D eigenvalue weighted by Crippen LogP contribution is 2.27. The SMILES string of the molecule is COC(=O)C(C(C)C)C(O)C1CCOC1. The summed E-state index contributed by atoms with van der Waals surface area (Å²) in [6.07, 6.45) is 0.168. The Morgan fingerprint density at radius 2 is 2.20 bits per heavy atom. The van der Waals surface area contributed by atoms with E-state index in [0.717, 1.165) is 6.42 Å². The third-order valence-corrected chi connectivity index (χ3v) is 3.01. The zero-order chi connectivity index (χ0) is 11.4. The minimum Gasteiger partial charge on any atom is -0.469 e.